The lowest BCUT2D eigenvalue weighted by atomic mass is 10.1. The van der Waals surface area contributed by atoms with Gasteiger partial charge >= 0.3 is 0 Å². The third kappa shape index (κ3) is 33.1. The number of unbranched alkanes of at least 4 members (excludes halogenated alkanes) is 15. The van der Waals surface area contributed by atoms with Gasteiger partial charge < -0.3 is 5.73 Å². The maximum atomic E-state index is 4.91. The summed E-state index contributed by atoms with van der Waals surface area (Å²) in [5, 5.41) is 0. The number of halogens is 1. The molecule has 0 aromatic heterocycles. The quantitative estimate of drug-likeness (QED) is 0.0963. The number of rotatable bonds is 22. The SMILES string of the molecule is C=CCN.CCCCCCCCP(CCCCCCCC)CCCCCCCC.Cl. The van der Waals surface area contributed by atoms with E-state index in [1.165, 1.54) is 116 Å². The van der Waals surface area contributed by atoms with Gasteiger partial charge in [0.1, 0.15) is 0 Å². The highest BCUT2D eigenvalue weighted by Crippen LogP contribution is 2.39. The fraction of sp³-hybridized carbons (Fsp3) is 0.926. The van der Waals surface area contributed by atoms with Gasteiger partial charge in [0, 0.05) is 6.54 Å². The van der Waals surface area contributed by atoms with Crippen LogP contribution in [0.5, 0.6) is 0 Å². The zero-order valence-electron chi connectivity index (χ0n) is 21.3. The predicted octanol–water partition coefficient (Wildman–Crippen LogP) is 10.1. The van der Waals surface area contributed by atoms with Crippen molar-refractivity contribution in [2.24, 2.45) is 5.73 Å². The minimum absolute atomic E-state index is 0. The van der Waals surface area contributed by atoms with Crippen molar-refractivity contribution in [3.8, 4) is 0 Å². The molecule has 0 saturated carbocycles. The Kier molecular flexibility index (Phi) is 39.7. The van der Waals surface area contributed by atoms with Gasteiger partial charge in [-0.2, -0.15) is 0 Å². The topological polar surface area (TPSA) is 26.0 Å². The summed E-state index contributed by atoms with van der Waals surface area (Å²) in [6.07, 6.45) is 32.9. The van der Waals surface area contributed by atoms with Crippen molar-refractivity contribution in [2.45, 2.75) is 136 Å². The summed E-state index contributed by atoms with van der Waals surface area (Å²) in [7, 11) is 0.366. The molecule has 0 unspecified atom stereocenters. The smallest absolute Gasteiger partial charge is 0.0104 e. The minimum atomic E-state index is 0. The van der Waals surface area contributed by atoms with Crippen LogP contribution in [-0.2, 0) is 0 Å². The van der Waals surface area contributed by atoms with E-state index in [1.807, 2.05) is 0 Å². The Morgan fingerprint density at radius 3 is 1.00 bits per heavy atom. The second kappa shape index (κ2) is 34.0. The summed E-state index contributed by atoms with van der Waals surface area (Å²) in [5.74, 6) is 0. The number of hydrogen-bond donors (Lipinski definition) is 1. The highest BCUT2D eigenvalue weighted by atomic mass is 35.5. The molecule has 30 heavy (non-hydrogen) atoms. The van der Waals surface area contributed by atoms with Gasteiger partial charge in [-0.3, -0.25) is 0 Å². The fourth-order valence-electron chi connectivity index (χ4n) is 3.68. The zero-order valence-corrected chi connectivity index (χ0v) is 23.0. The maximum absolute atomic E-state index is 4.91. The molecular formula is C27H59ClNP. The highest BCUT2D eigenvalue weighted by molar-refractivity contribution is 7.57. The van der Waals surface area contributed by atoms with Crippen molar-refractivity contribution in [1.82, 2.24) is 0 Å². The first kappa shape index (κ1) is 35.0. The van der Waals surface area contributed by atoms with Crippen molar-refractivity contribution >= 4 is 20.3 Å². The van der Waals surface area contributed by atoms with E-state index >= 15 is 0 Å². The van der Waals surface area contributed by atoms with E-state index in [0.29, 0.717) is 14.5 Å². The van der Waals surface area contributed by atoms with Gasteiger partial charge in [0.25, 0.3) is 0 Å². The third-order valence-electron chi connectivity index (χ3n) is 5.65. The summed E-state index contributed by atoms with van der Waals surface area (Å²) < 4.78 is 0. The second-order valence-electron chi connectivity index (χ2n) is 8.67. The normalized spacial score (nSPS) is 10.4. The number of hydrogen-bond acceptors (Lipinski definition) is 1. The Morgan fingerprint density at radius 2 is 0.767 bits per heavy atom. The van der Waals surface area contributed by atoms with Crippen LogP contribution in [0.1, 0.15) is 136 Å². The van der Waals surface area contributed by atoms with Crippen LogP contribution >= 0.6 is 20.3 Å². The average Bonchev–Trinajstić information content (AvgIpc) is 2.75. The molecule has 0 rings (SSSR count). The van der Waals surface area contributed by atoms with Gasteiger partial charge in [0.15, 0.2) is 0 Å². The number of nitrogens with two attached hydrogens (primary N) is 1. The van der Waals surface area contributed by atoms with Crippen LogP contribution in [0.3, 0.4) is 0 Å². The van der Waals surface area contributed by atoms with Crippen molar-refractivity contribution in [2.75, 3.05) is 25.0 Å². The molecule has 0 aromatic rings. The van der Waals surface area contributed by atoms with Gasteiger partial charge in [-0.25, -0.2) is 0 Å². The molecule has 184 valence electrons. The minimum Gasteiger partial charge on any atom is -0.327 e. The summed E-state index contributed by atoms with van der Waals surface area (Å²) >= 11 is 0. The van der Waals surface area contributed by atoms with Gasteiger partial charge in [-0.05, 0) is 37.7 Å². The molecule has 0 aliphatic rings. The van der Waals surface area contributed by atoms with E-state index in [9.17, 15) is 0 Å². The molecule has 0 radical (unpaired) electrons. The van der Waals surface area contributed by atoms with Gasteiger partial charge in [-0.15, -0.1) is 26.9 Å². The van der Waals surface area contributed by atoms with Crippen LogP contribution in [0.2, 0.25) is 0 Å². The molecule has 1 nitrogen and oxygen atoms in total. The van der Waals surface area contributed by atoms with Gasteiger partial charge in [0.2, 0.25) is 0 Å². The molecule has 0 spiro atoms. The molecule has 0 atom stereocenters. The standard InChI is InChI=1S/C24H51P.C3H7N.ClH/c1-4-7-10-13-16-19-22-25(23-20-17-14-11-8-5-2)24-21-18-15-12-9-6-3;1-2-3-4;/h4-24H2,1-3H3;2H,1,3-4H2;1H. The first-order chi connectivity index (χ1) is 14.3. The molecule has 0 bridgehead atoms. The Labute approximate surface area is 200 Å². The molecule has 2 N–H and O–H groups in total. The molecule has 0 saturated heterocycles. The van der Waals surface area contributed by atoms with Crippen LogP contribution < -0.4 is 5.73 Å². The fourth-order valence-corrected chi connectivity index (χ4v) is 6.37. The maximum Gasteiger partial charge on any atom is 0.0104 e. The van der Waals surface area contributed by atoms with Crippen LogP contribution in [0, 0.1) is 0 Å². The first-order valence-electron chi connectivity index (χ1n) is 13.3. The Balaban J connectivity index is -0.00000133. The largest absolute Gasteiger partial charge is 0.327 e. The van der Waals surface area contributed by atoms with Crippen LogP contribution in [0.15, 0.2) is 12.7 Å². The Bertz CT molecular complexity index is 248. The summed E-state index contributed by atoms with van der Waals surface area (Å²) in [5.41, 5.74) is 4.91. The molecule has 0 heterocycles. The summed E-state index contributed by atoms with van der Waals surface area (Å²) in [4.78, 5) is 0. The predicted molar refractivity (Wildman–Crippen MR) is 148 cm³/mol. The van der Waals surface area contributed by atoms with Crippen molar-refractivity contribution < 1.29 is 0 Å². The van der Waals surface area contributed by atoms with Crippen LogP contribution in [0.4, 0.5) is 0 Å². The molecular weight excluding hydrogens is 405 g/mol. The average molecular weight is 464 g/mol. The van der Waals surface area contributed by atoms with Gasteiger partial charge in [-0.1, -0.05) is 123 Å². The van der Waals surface area contributed by atoms with E-state index in [0.717, 1.165) is 0 Å². The monoisotopic (exact) mass is 463 g/mol. The first-order valence-corrected chi connectivity index (χ1v) is 15.2. The van der Waals surface area contributed by atoms with E-state index in [2.05, 4.69) is 27.4 Å². The third-order valence-corrected chi connectivity index (χ3v) is 8.50. The van der Waals surface area contributed by atoms with Crippen LogP contribution in [0.25, 0.3) is 0 Å². The molecule has 0 aliphatic carbocycles. The van der Waals surface area contributed by atoms with E-state index in [-0.39, 0.29) is 12.4 Å². The molecule has 0 aromatic carbocycles. The molecule has 0 fully saturated rings. The van der Waals surface area contributed by atoms with E-state index in [1.54, 1.807) is 24.6 Å². The lowest BCUT2D eigenvalue weighted by Crippen LogP contribution is -1.97. The summed E-state index contributed by atoms with van der Waals surface area (Å²) in [6.45, 7) is 10.9. The van der Waals surface area contributed by atoms with Crippen molar-refractivity contribution in [3.05, 3.63) is 12.7 Å². The van der Waals surface area contributed by atoms with Gasteiger partial charge in [0.05, 0.1) is 0 Å². The van der Waals surface area contributed by atoms with Crippen LogP contribution in [-0.4, -0.2) is 25.0 Å². The van der Waals surface area contributed by atoms with E-state index < -0.39 is 0 Å². The highest BCUT2D eigenvalue weighted by Gasteiger charge is 2.07. The Hall–Kier alpha value is 0.420. The van der Waals surface area contributed by atoms with Crippen molar-refractivity contribution in [1.29, 1.82) is 0 Å². The molecule has 0 amide bonds. The van der Waals surface area contributed by atoms with Crippen molar-refractivity contribution in [3.63, 3.8) is 0 Å². The lowest BCUT2D eigenvalue weighted by Gasteiger charge is -2.18. The Morgan fingerprint density at radius 1 is 0.533 bits per heavy atom. The zero-order chi connectivity index (χ0) is 21.8. The molecule has 0 aliphatic heterocycles. The van der Waals surface area contributed by atoms with E-state index in [4.69, 9.17) is 5.73 Å². The second-order valence-corrected chi connectivity index (χ2v) is 11.4. The summed E-state index contributed by atoms with van der Waals surface area (Å²) in [6, 6.07) is 0. The molecule has 3 heteroatoms. The lowest BCUT2D eigenvalue weighted by molar-refractivity contribution is 0.617.